The average Bonchev–Trinajstić information content (AvgIpc) is 2.54. The molecule has 2 rings (SSSR count). The van der Waals surface area contributed by atoms with Crippen LogP contribution < -0.4 is 4.90 Å². The van der Waals surface area contributed by atoms with Crippen molar-refractivity contribution in [2.75, 3.05) is 33.3 Å². The van der Waals surface area contributed by atoms with Crippen LogP contribution in [0, 0.1) is 0 Å². The van der Waals surface area contributed by atoms with Crippen LogP contribution in [0.3, 0.4) is 0 Å². The molecule has 1 aliphatic heterocycles. The first-order valence-electron chi connectivity index (χ1n) is 8.27. The van der Waals surface area contributed by atoms with Crippen molar-refractivity contribution in [2.24, 2.45) is 0 Å². The molecule has 0 aliphatic carbocycles. The van der Waals surface area contributed by atoms with Gasteiger partial charge < -0.3 is 14.4 Å². The smallest absolute Gasteiger partial charge is 0.410 e. The molecule has 1 heterocycles. The summed E-state index contributed by atoms with van der Waals surface area (Å²) < 4.78 is 10.1. The minimum atomic E-state index is -0.456. The maximum atomic E-state index is 12.1. The normalized spacial score (nSPS) is 15.9. The van der Waals surface area contributed by atoms with Gasteiger partial charge in [0.1, 0.15) is 12.1 Å². The van der Waals surface area contributed by atoms with Crippen LogP contribution in [-0.4, -0.2) is 55.9 Å². The fraction of sp³-hybridized carbons (Fsp3) is 0.556. The summed E-state index contributed by atoms with van der Waals surface area (Å²) in [5, 5.41) is 0. The van der Waals surface area contributed by atoms with Crippen molar-refractivity contribution < 1.29 is 24.0 Å². The summed E-state index contributed by atoms with van der Waals surface area (Å²) in [6.07, 6.45) is -0.232. The number of nitrogens with one attached hydrogen (secondary N) is 1. The fourth-order valence-corrected chi connectivity index (χ4v) is 2.67. The summed E-state index contributed by atoms with van der Waals surface area (Å²) in [5.74, 6) is -0.320. The summed E-state index contributed by atoms with van der Waals surface area (Å²) in [7, 11) is 1.38. The Bertz CT molecular complexity index is 570. The van der Waals surface area contributed by atoms with Crippen molar-refractivity contribution in [3.8, 4) is 0 Å². The van der Waals surface area contributed by atoms with Crippen LogP contribution in [-0.2, 0) is 16.0 Å². The highest BCUT2D eigenvalue weighted by Crippen LogP contribution is 2.10. The van der Waals surface area contributed by atoms with Crippen LogP contribution in [0.5, 0.6) is 0 Å². The number of hydrogen-bond donors (Lipinski definition) is 1. The predicted molar refractivity (Wildman–Crippen MR) is 90.0 cm³/mol. The van der Waals surface area contributed by atoms with Crippen LogP contribution in [0.1, 0.15) is 36.7 Å². The molecule has 1 amide bonds. The average molecular weight is 335 g/mol. The van der Waals surface area contributed by atoms with Crippen molar-refractivity contribution >= 4 is 12.1 Å². The topological polar surface area (TPSA) is 60.3 Å². The van der Waals surface area contributed by atoms with E-state index < -0.39 is 5.60 Å². The molecule has 132 valence electrons. The number of amides is 1. The standard InChI is InChI=1S/C18H26N2O4/c1-18(2,3)24-17(22)20-11-9-19(10-12-20)13-14-5-7-15(8-6-14)16(21)23-4/h5-8H,9-13H2,1-4H3/p+1. The number of benzene rings is 1. The first-order chi connectivity index (χ1) is 11.3. The number of quaternary nitrogens is 1. The lowest BCUT2D eigenvalue weighted by atomic mass is 10.1. The van der Waals surface area contributed by atoms with Gasteiger partial charge in [-0.3, -0.25) is 4.90 Å². The summed E-state index contributed by atoms with van der Waals surface area (Å²) in [6, 6.07) is 7.49. The highest BCUT2D eigenvalue weighted by molar-refractivity contribution is 5.89. The molecule has 0 radical (unpaired) electrons. The summed E-state index contributed by atoms with van der Waals surface area (Å²) >= 11 is 0. The van der Waals surface area contributed by atoms with Crippen LogP contribution in [0.2, 0.25) is 0 Å². The van der Waals surface area contributed by atoms with E-state index in [-0.39, 0.29) is 12.1 Å². The Morgan fingerprint density at radius 2 is 1.71 bits per heavy atom. The highest BCUT2D eigenvalue weighted by atomic mass is 16.6. The van der Waals surface area contributed by atoms with Gasteiger partial charge in [-0.05, 0) is 32.9 Å². The monoisotopic (exact) mass is 335 g/mol. The lowest BCUT2D eigenvalue weighted by Gasteiger charge is -2.33. The molecule has 6 heteroatoms. The van der Waals surface area contributed by atoms with Crippen LogP contribution in [0.25, 0.3) is 0 Å². The fourth-order valence-electron chi connectivity index (χ4n) is 2.67. The largest absolute Gasteiger partial charge is 0.465 e. The second-order valence-electron chi connectivity index (χ2n) is 7.08. The lowest BCUT2D eigenvalue weighted by molar-refractivity contribution is -0.917. The highest BCUT2D eigenvalue weighted by Gasteiger charge is 2.27. The molecule has 1 fully saturated rings. The zero-order chi connectivity index (χ0) is 17.7. The number of nitrogens with zero attached hydrogens (tertiary/aromatic N) is 1. The maximum absolute atomic E-state index is 12.1. The lowest BCUT2D eigenvalue weighted by Crippen LogP contribution is -3.13. The summed E-state index contributed by atoms with van der Waals surface area (Å²) in [5.41, 5.74) is 1.28. The zero-order valence-electron chi connectivity index (χ0n) is 14.9. The number of rotatable bonds is 3. The van der Waals surface area contributed by atoms with Gasteiger partial charge in [-0.15, -0.1) is 0 Å². The molecule has 1 saturated heterocycles. The molecule has 1 aromatic rings. The molecule has 0 bridgehead atoms. The van der Waals surface area contributed by atoms with Crippen molar-refractivity contribution in [2.45, 2.75) is 32.9 Å². The van der Waals surface area contributed by atoms with Gasteiger partial charge in [-0.2, -0.15) is 0 Å². The van der Waals surface area contributed by atoms with Crippen LogP contribution in [0.4, 0.5) is 4.79 Å². The minimum Gasteiger partial charge on any atom is -0.465 e. The number of carbonyl (C=O) groups is 2. The van der Waals surface area contributed by atoms with Gasteiger partial charge in [-0.25, -0.2) is 9.59 Å². The molecule has 0 unspecified atom stereocenters. The van der Waals surface area contributed by atoms with Gasteiger partial charge in [0, 0.05) is 5.56 Å². The Labute approximate surface area is 143 Å². The van der Waals surface area contributed by atoms with Gasteiger partial charge >= 0.3 is 12.1 Å². The molecular formula is C18H27N2O4+. The van der Waals surface area contributed by atoms with Crippen molar-refractivity contribution in [3.05, 3.63) is 35.4 Å². The molecule has 1 N–H and O–H groups in total. The number of hydrogen-bond acceptors (Lipinski definition) is 4. The maximum Gasteiger partial charge on any atom is 0.410 e. The first kappa shape index (κ1) is 18.3. The summed E-state index contributed by atoms with van der Waals surface area (Å²) in [4.78, 5) is 26.7. The van der Waals surface area contributed by atoms with E-state index in [1.165, 1.54) is 17.6 Å². The van der Waals surface area contributed by atoms with E-state index in [4.69, 9.17) is 9.47 Å². The Balaban J connectivity index is 1.82. The second-order valence-corrected chi connectivity index (χ2v) is 7.08. The SMILES string of the molecule is COC(=O)c1ccc(C[NH+]2CCN(C(=O)OC(C)(C)C)CC2)cc1. The molecule has 0 aromatic heterocycles. The van der Waals surface area contributed by atoms with E-state index in [2.05, 4.69) is 0 Å². The quantitative estimate of drug-likeness (QED) is 0.841. The number of esters is 1. The van der Waals surface area contributed by atoms with E-state index in [1.807, 2.05) is 32.9 Å². The summed E-state index contributed by atoms with van der Waals surface area (Å²) in [6.45, 7) is 9.69. The van der Waals surface area contributed by atoms with Crippen LogP contribution in [0.15, 0.2) is 24.3 Å². The molecule has 1 aromatic carbocycles. The third-order valence-corrected chi connectivity index (χ3v) is 3.95. The van der Waals surface area contributed by atoms with Gasteiger partial charge in [0.15, 0.2) is 0 Å². The third kappa shape index (κ3) is 5.23. The Morgan fingerprint density at radius 1 is 1.12 bits per heavy atom. The van der Waals surface area contributed by atoms with Crippen molar-refractivity contribution in [1.29, 1.82) is 0 Å². The van der Waals surface area contributed by atoms with Crippen LogP contribution >= 0.6 is 0 Å². The zero-order valence-corrected chi connectivity index (χ0v) is 14.9. The van der Waals surface area contributed by atoms with Gasteiger partial charge in [0.25, 0.3) is 0 Å². The molecule has 0 atom stereocenters. The van der Waals surface area contributed by atoms with E-state index >= 15 is 0 Å². The number of methoxy groups -OCH3 is 1. The second kappa shape index (κ2) is 7.66. The Morgan fingerprint density at radius 3 is 2.21 bits per heavy atom. The van der Waals surface area contributed by atoms with E-state index in [1.54, 1.807) is 17.0 Å². The number of ether oxygens (including phenoxy) is 2. The Kier molecular flexibility index (Phi) is 5.83. The molecule has 0 spiro atoms. The van der Waals surface area contributed by atoms with E-state index in [9.17, 15) is 9.59 Å². The van der Waals surface area contributed by atoms with E-state index in [0.29, 0.717) is 18.7 Å². The number of carbonyl (C=O) groups excluding carboxylic acids is 2. The first-order valence-corrected chi connectivity index (χ1v) is 8.27. The van der Waals surface area contributed by atoms with Gasteiger partial charge in [0.05, 0.1) is 38.9 Å². The van der Waals surface area contributed by atoms with Crippen molar-refractivity contribution in [1.82, 2.24) is 4.90 Å². The predicted octanol–water partition coefficient (Wildman–Crippen LogP) is 1.11. The van der Waals surface area contributed by atoms with E-state index in [0.717, 1.165) is 19.6 Å². The molecule has 6 nitrogen and oxygen atoms in total. The minimum absolute atomic E-state index is 0.232. The third-order valence-electron chi connectivity index (χ3n) is 3.95. The molecule has 1 aliphatic rings. The Hall–Kier alpha value is -2.08. The van der Waals surface area contributed by atoms with Gasteiger partial charge in [0.2, 0.25) is 0 Å². The molecular weight excluding hydrogens is 308 g/mol. The molecule has 0 saturated carbocycles. The number of piperazine rings is 1. The molecule has 24 heavy (non-hydrogen) atoms. The van der Waals surface area contributed by atoms with Crippen molar-refractivity contribution in [3.63, 3.8) is 0 Å². The van der Waals surface area contributed by atoms with Gasteiger partial charge in [-0.1, -0.05) is 12.1 Å².